The monoisotopic (exact) mass is 325 g/mol. The molecule has 1 aliphatic heterocycles. The van der Waals surface area contributed by atoms with Crippen LogP contribution < -0.4 is 5.32 Å². The third-order valence-corrected chi connectivity index (χ3v) is 4.35. The number of hydrogen-bond acceptors (Lipinski definition) is 3. The van der Waals surface area contributed by atoms with E-state index < -0.39 is 53.7 Å². The highest BCUT2D eigenvalue weighted by Gasteiger charge is 2.81. The maximum Gasteiger partial charge on any atom is 0.415 e. The summed E-state index contributed by atoms with van der Waals surface area (Å²) in [4.78, 5) is 10.8. The number of ether oxygens (including phenoxy) is 1. The number of piperidine rings is 1. The first-order valence-electron chi connectivity index (χ1n) is 5.64. The summed E-state index contributed by atoms with van der Waals surface area (Å²) in [6.07, 6.45) is -12.7. The summed E-state index contributed by atoms with van der Waals surface area (Å²) in [6.45, 7) is 1.02. The number of nitrogens with one attached hydrogen (secondary N) is 1. The molecular formula is C10H10ClF6NO2. The molecule has 0 aromatic carbocycles. The lowest BCUT2D eigenvalue weighted by Crippen LogP contribution is -2.70. The molecule has 0 spiro atoms. The van der Waals surface area contributed by atoms with E-state index in [1.54, 1.807) is 0 Å². The van der Waals surface area contributed by atoms with Crippen LogP contribution in [0.3, 0.4) is 0 Å². The Bertz CT molecular complexity index is 409. The number of fused-ring (bicyclic) bond motifs is 2. The van der Waals surface area contributed by atoms with Gasteiger partial charge in [-0.2, -0.15) is 26.3 Å². The zero-order chi connectivity index (χ0) is 15.5. The second-order valence-corrected chi connectivity index (χ2v) is 5.41. The largest absolute Gasteiger partial charge is 0.461 e. The molecule has 0 amide bonds. The van der Waals surface area contributed by atoms with Gasteiger partial charge >= 0.3 is 18.3 Å². The van der Waals surface area contributed by atoms with E-state index in [0.29, 0.717) is 0 Å². The Balaban J connectivity index is 2.37. The van der Waals surface area contributed by atoms with Crippen molar-refractivity contribution in [2.75, 3.05) is 0 Å². The van der Waals surface area contributed by atoms with Crippen molar-refractivity contribution in [3.8, 4) is 0 Å². The molecule has 0 radical (unpaired) electrons. The van der Waals surface area contributed by atoms with E-state index >= 15 is 0 Å². The first kappa shape index (κ1) is 15.7. The molecule has 2 fully saturated rings. The van der Waals surface area contributed by atoms with Crippen molar-refractivity contribution in [3.05, 3.63) is 0 Å². The molecule has 0 aromatic heterocycles. The molecule has 2 aliphatic rings. The van der Waals surface area contributed by atoms with Gasteiger partial charge in [-0.1, -0.05) is 0 Å². The summed E-state index contributed by atoms with van der Waals surface area (Å²) in [5, 5.41) is 0.116. The van der Waals surface area contributed by atoms with Crippen LogP contribution in [0.4, 0.5) is 26.3 Å². The number of esters is 1. The normalized spacial score (nSPS) is 36.2. The van der Waals surface area contributed by atoms with Gasteiger partial charge in [-0.15, -0.1) is 11.6 Å². The zero-order valence-corrected chi connectivity index (χ0v) is 10.7. The fourth-order valence-electron chi connectivity index (χ4n) is 3.02. The van der Waals surface area contributed by atoms with Gasteiger partial charge in [-0.3, -0.25) is 10.1 Å². The van der Waals surface area contributed by atoms with Gasteiger partial charge < -0.3 is 4.74 Å². The van der Waals surface area contributed by atoms with Crippen LogP contribution in [0.5, 0.6) is 0 Å². The number of halogens is 7. The van der Waals surface area contributed by atoms with E-state index in [1.165, 1.54) is 5.32 Å². The molecule has 1 saturated heterocycles. The highest BCUT2D eigenvalue weighted by molar-refractivity contribution is 6.22. The Labute approximate surface area is 114 Å². The topological polar surface area (TPSA) is 38.3 Å². The van der Waals surface area contributed by atoms with E-state index in [1.807, 2.05) is 0 Å². The second-order valence-electron chi connectivity index (χ2n) is 4.91. The van der Waals surface area contributed by atoms with Gasteiger partial charge in [0.1, 0.15) is 6.10 Å². The Hall–Kier alpha value is -0.700. The summed E-state index contributed by atoms with van der Waals surface area (Å²) in [5.74, 6) is -2.71. The van der Waals surface area contributed by atoms with Crippen LogP contribution in [-0.2, 0) is 9.53 Å². The maximum absolute atomic E-state index is 13.0. The molecule has 10 heteroatoms. The summed E-state index contributed by atoms with van der Waals surface area (Å²) in [6, 6.07) is -1.38. The van der Waals surface area contributed by atoms with E-state index in [-0.39, 0.29) is 0 Å². The molecule has 1 saturated carbocycles. The molecule has 20 heavy (non-hydrogen) atoms. The zero-order valence-electron chi connectivity index (χ0n) is 9.98. The van der Waals surface area contributed by atoms with Crippen molar-refractivity contribution < 1.29 is 35.9 Å². The predicted octanol–water partition coefficient (Wildman–Crippen LogP) is 2.38. The SMILES string of the molecule is CC(=O)O[C@H]1C[C@H]2[C@H](Cl)[C@H]1NC2(C(F)(F)F)C(F)(F)F. The predicted molar refractivity (Wildman–Crippen MR) is 55.1 cm³/mol. The lowest BCUT2D eigenvalue weighted by atomic mass is 9.82. The molecule has 0 unspecified atom stereocenters. The van der Waals surface area contributed by atoms with Gasteiger partial charge in [0.25, 0.3) is 0 Å². The fourth-order valence-corrected chi connectivity index (χ4v) is 3.54. The smallest absolute Gasteiger partial charge is 0.415 e. The van der Waals surface area contributed by atoms with Crippen LogP contribution in [0.1, 0.15) is 13.3 Å². The average molecular weight is 326 g/mol. The summed E-state index contributed by atoms with van der Waals surface area (Å²) in [5.41, 5.74) is -4.05. The van der Waals surface area contributed by atoms with Crippen LogP contribution in [0.15, 0.2) is 0 Å². The van der Waals surface area contributed by atoms with Gasteiger partial charge in [-0.25, -0.2) is 0 Å². The van der Waals surface area contributed by atoms with Crippen molar-refractivity contribution in [1.82, 2.24) is 5.32 Å². The minimum atomic E-state index is -5.54. The highest BCUT2D eigenvalue weighted by Crippen LogP contribution is 2.58. The first-order valence-corrected chi connectivity index (χ1v) is 6.08. The van der Waals surface area contributed by atoms with Crippen LogP contribution in [-0.4, -0.2) is 41.4 Å². The average Bonchev–Trinajstić information content (AvgIpc) is 2.66. The number of carbonyl (C=O) groups excluding carboxylic acids is 1. The summed E-state index contributed by atoms with van der Waals surface area (Å²) in [7, 11) is 0. The number of carbonyl (C=O) groups is 1. The molecule has 4 atom stereocenters. The Morgan fingerprint density at radius 1 is 1.25 bits per heavy atom. The molecule has 2 bridgehead atoms. The third kappa shape index (κ3) is 1.97. The van der Waals surface area contributed by atoms with Gasteiger partial charge in [-0.05, 0) is 6.42 Å². The Morgan fingerprint density at radius 3 is 2.05 bits per heavy atom. The number of rotatable bonds is 1. The van der Waals surface area contributed by atoms with Crippen molar-refractivity contribution in [1.29, 1.82) is 0 Å². The van der Waals surface area contributed by atoms with Gasteiger partial charge in [0.2, 0.25) is 5.54 Å². The summed E-state index contributed by atoms with van der Waals surface area (Å²) < 4.78 is 82.6. The number of alkyl halides is 7. The molecule has 3 nitrogen and oxygen atoms in total. The van der Waals surface area contributed by atoms with Crippen molar-refractivity contribution in [2.45, 2.75) is 48.8 Å². The van der Waals surface area contributed by atoms with Crippen molar-refractivity contribution in [2.24, 2.45) is 5.92 Å². The quantitative estimate of drug-likeness (QED) is 0.457. The maximum atomic E-state index is 13.0. The van der Waals surface area contributed by atoms with Gasteiger partial charge in [0, 0.05) is 12.8 Å². The van der Waals surface area contributed by atoms with Crippen LogP contribution in [0, 0.1) is 5.92 Å². The number of hydrogen-bond donors (Lipinski definition) is 1. The third-order valence-electron chi connectivity index (χ3n) is 3.78. The van der Waals surface area contributed by atoms with E-state index in [4.69, 9.17) is 16.3 Å². The molecule has 116 valence electrons. The molecule has 1 heterocycles. The molecule has 1 N–H and O–H groups in total. The molecule has 2 rings (SSSR count). The van der Waals surface area contributed by atoms with E-state index in [2.05, 4.69) is 0 Å². The minimum absolute atomic E-state index is 0.579. The van der Waals surface area contributed by atoms with Gasteiger partial charge in [0.05, 0.1) is 11.4 Å². The minimum Gasteiger partial charge on any atom is -0.461 e. The highest BCUT2D eigenvalue weighted by atomic mass is 35.5. The van der Waals surface area contributed by atoms with Gasteiger partial charge in [0.15, 0.2) is 0 Å². The summed E-state index contributed by atoms with van der Waals surface area (Å²) >= 11 is 5.70. The standard InChI is InChI=1S/C10H10ClF6NO2/c1-3(19)20-5-2-4-6(11)7(5)18-8(4,9(12,13)14)10(15,16)17/h4-7,18H,2H2,1H3/t4-,5-,6-,7-/m0/s1. The van der Waals surface area contributed by atoms with Crippen LogP contribution in [0.25, 0.3) is 0 Å². The fraction of sp³-hybridized carbons (Fsp3) is 0.900. The lowest BCUT2D eigenvalue weighted by Gasteiger charge is -2.42. The van der Waals surface area contributed by atoms with Crippen molar-refractivity contribution >= 4 is 17.6 Å². The van der Waals surface area contributed by atoms with Crippen molar-refractivity contribution in [3.63, 3.8) is 0 Å². The lowest BCUT2D eigenvalue weighted by molar-refractivity contribution is -0.320. The molecular weight excluding hydrogens is 316 g/mol. The second kappa shape index (κ2) is 4.40. The molecule has 1 aliphatic carbocycles. The van der Waals surface area contributed by atoms with E-state index in [0.717, 1.165) is 6.92 Å². The van der Waals surface area contributed by atoms with Crippen LogP contribution >= 0.6 is 11.6 Å². The Morgan fingerprint density at radius 2 is 1.75 bits per heavy atom. The molecule has 0 aromatic rings. The Kier molecular flexibility index (Phi) is 3.45. The van der Waals surface area contributed by atoms with Crippen LogP contribution in [0.2, 0.25) is 0 Å². The van der Waals surface area contributed by atoms with E-state index in [9.17, 15) is 31.1 Å². The first-order chi connectivity index (χ1) is 8.92.